The molecule has 4 atom stereocenters. The predicted molar refractivity (Wildman–Crippen MR) is 186 cm³/mol. The molecule has 1 aliphatic carbocycles. The number of aryl methyl sites for hydroxylation is 2. The zero-order chi connectivity index (χ0) is 34.2. The summed E-state index contributed by atoms with van der Waals surface area (Å²) >= 11 is 5.87. The van der Waals surface area contributed by atoms with Gasteiger partial charge in [-0.1, -0.05) is 17.7 Å². The summed E-state index contributed by atoms with van der Waals surface area (Å²) in [5, 5.41) is 5.13. The van der Waals surface area contributed by atoms with Crippen LogP contribution in [0.1, 0.15) is 62.9 Å². The van der Waals surface area contributed by atoms with Gasteiger partial charge in [0.1, 0.15) is 11.6 Å². The van der Waals surface area contributed by atoms with Crippen molar-refractivity contribution < 1.29 is 18.8 Å². The molecule has 0 bridgehead atoms. The van der Waals surface area contributed by atoms with Crippen LogP contribution in [-0.2, 0) is 33.6 Å². The zero-order valence-corrected chi connectivity index (χ0v) is 28.0. The van der Waals surface area contributed by atoms with Gasteiger partial charge in [-0.15, -0.1) is 0 Å². The molecule has 0 radical (unpaired) electrons. The second-order valence-electron chi connectivity index (χ2n) is 12.8. The van der Waals surface area contributed by atoms with Gasteiger partial charge < -0.3 is 21.0 Å². The van der Waals surface area contributed by atoms with Crippen molar-refractivity contribution in [1.29, 1.82) is 0 Å². The van der Waals surface area contributed by atoms with Crippen molar-refractivity contribution >= 4 is 50.9 Å². The summed E-state index contributed by atoms with van der Waals surface area (Å²) in [7, 11) is 0. The highest BCUT2D eigenvalue weighted by atomic mass is 35.5. The molecule has 4 heterocycles. The molecule has 252 valence electrons. The van der Waals surface area contributed by atoms with Crippen LogP contribution in [0.3, 0.4) is 0 Å². The molecule has 0 unspecified atom stereocenters. The molecule has 0 saturated heterocycles. The second kappa shape index (κ2) is 16.1. The Kier molecular flexibility index (Phi) is 11.7. The molecule has 11 heteroatoms. The minimum absolute atomic E-state index is 0.0191. The van der Waals surface area contributed by atoms with E-state index in [4.69, 9.17) is 17.3 Å². The molecule has 1 fully saturated rings. The lowest BCUT2D eigenvalue weighted by Crippen LogP contribution is -2.41. The van der Waals surface area contributed by atoms with Crippen molar-refractivity contribution in [2.75, 3.05) is 0 Å². The Hall–Kier alpha value is -4.41. The van der Waals surface area contributed by atoms with E-state index in [0.717, 1.165) is 64.4 Å². The zero-order valence-electron chi connectivity index (χ0n) is 27.3. The summed E-state index contributed by atoms with van der Waals surface area (Å²) in [5.74, 6) is -0.0916. The summed E-state index contributed by atoms with van der Waals surface area (Å²) in [5.41, 5.74) is 10.6. The number of rotatable bonds is 12. The minimum atomic E-state index is -0.511. The number of ketones is 2. The minimum Gasteiger partial charge on any atom is -0.358 e. The third-order valence-electron chi connectivity index (χ3n) is 9.01. The molecule has 1 aromatic carbocycles. The summed E-state index contributed by atoms with van der Waals surface area (Å²) in [6.07, 6.45) is 12.5. The number of aromatic amines is 2. The van der Waals surface area contributed by atoms with Crippen LogP contribution in [0, 0.1) is 17.7 Å². The van der Waals surface area contributed by atoms with Gasteiger partial charge in [0.05, 0.1) is 17.1 Å². The maximum absolute atomic E-state index is 13.4. The van der Waals surface area contributed by atoms with Gasteiger partial charge >= 0.3 is 0 Å². The molecule has 4 aromatic heterocycles. The van der Waals surface area contributed by atoms with E-state index >= 15 is 0 Å². The molecule has 1 saturated carbocycles. The van der Waals surface area contributed by atoms with Crippen LogP contribution < -0.4 is 11.1 Å². The fraction of sp³-hybridized carbons (Fsp3) is 0.378. The number of halogens is 2. The molecule has 1 amide bonds. The third kappa shape index (κ3) is 9.35. The number of hydrogen-bond donors (Lipinski definition) is 4. The molecular formula is C37H42ClFN6O3. The van der Waals surface area contributed by atoms with E-state index in [0.29, 0.717) is 31.6 Å². The van der Waals surface area contributed by atoms with Crippen LogP contribution in [0.4, 0.5) is 4.39 Å². The number of aromatic nitrogens is 4. The second-order valence-corrected chi connectivity index (χ2v) is 13.2. The molecule has 5 N–H and O–H groups in total. The first-order chi connectivity index (χ1) is 23.0. The number of H-pyrrole nitrogens is 2. The summed E-state index contributed by atoms with van der Waals surface area (Å²) in [4.78, 5) is 51.3. The number of amides is 1. The maximum atomic E-state index is 13.4. The van der Waals surface area contributed by atoms with Crippen LogP contribution in [0.15, 0.2) is 67.3 Å². The maximum Gasteiger partial charge on any atom is 0.223 e. The monoisotopic (exact) mass is 672 g/mol. The molecule has 0 aliphatic heterocycles. The Morgan fingerprint density at radius 2 is 1.52 bits per heavy atom. The lowest BCUT2D eigenvalue weighted by atomic mass is 9.96. The Balaban J connectivity index is 0.000000236. The lowest BCUT2D eigenvalue weighted by molar-refractivity contribution is -0.129. The number of pyridine rings is 2. The first-order valence-electron chi connectivity index (χ1n) is 16.4. The van der Waals surface area contributed by atoms with Crippen molar-refractivity contribution in [3.8, 4) is 0 Å². The Morgan fingerprint density at radius 3 is 2.08 bits per heavy atom. The molecule has 5 aromatic rings. The van der Waals surface area contributed by atoms with E-state index < -0.39 is 11.9 Å². The number of hydrogen-bond acceptors (Lipinski definition) is 6. The number of Topliss-reactive ketones (excluding diaryl/α,β-unsaturated/α-hetero) is 2. The van der Waals surface area contributed by atoms with Crippen LogP contribution in [0.5, 0.6) is 0 Å². The topological polar surface area (TPSA) is 147 Å². The fourth-order valence-corrected chi connectivity index (χ4v) is 6.41. The number of nitrogens with one attached hydrogen (secondary N) is 3. The molecule has 9 nitrogen and oxygen atoms in total. The van der Waals surface area contributed by atoms with Crippen molar-refractivity contribution in [3.05, 3.63) is 95.0 Å². The summed E-state index contributed by atoms with van der Waals surface area (Å²) in [6.45, 7) is 3.47. The van der Waals surface area contributed by atoms with Crippen LogP contribution in [0.2, 0.25) is 5.02 Å². The van der Waals surface area contributed by atoms with Crippen molar-refractivity contribution in [2.24, 2.45) is 17.6 Å². The van der Waals surface area contributed by atoms with Gasteiger partial charge in [0.25, 0.3) is 0 Å². The normalized spacial score (nSPS) is 17.1. The van der Waals surface area contributed by atoms with Crippen LogP contribution in [0.25, 0.3) is 21.8 Å². The average molecular weight is 673 g/mol. The highest BCUT2D eigenvalue weighted by Crippen LogP contribution is 2.34. The van der Waals surface area contributed by atoms with E-state index in [-0.39, 0.29) is 34.5 Å². The number of carbonyl (C=O) groups excluding carboxylic acids is 3. The first-order valence-corrected chi connectivity index (χ1v) is 16.8. The van der Waals surface area contributed by atoms with Crippen LogP contribution >= 0.6 is 11.6 Å². The van der Waals surface area contributed by atoms with Crippen LogP contribution in [-0.4, -0.2) is 49.5 Å². The molecule has 0 spiro atoms. The Bertz CT molecular complexity index is 1820. The van der Waals surface area contributed by atoms with Crippen molar-refractivity contribution in [2.45, 2.75) is 77.3 Å². The van der Waals surface area contributed by atoms with E-state index in [1.807, 2.05) is 30.5 Å². The predicted octanol–water partition coefficient (Wildman–Crippen LogP) is 6.43. The van der Waals surface area contributed by atoms with E-state index in [1.165, 1.54) is 6.07 Å². The molecule has 6 rings (SSSR count). The van der Waals surface area contributed by atoms with E-state index in [2.05, 4.69) is 25.3 Å². The number of benzene rings is 1. The number of fused-ring (bicyclic) bond motifs is 2. The standard InChI is InChI=1S/C25H27ClFN3O2.C12H15N3O/c1-15(24(31)7-5-20-13-19-14-28-9-8-23(19)30-20)29-25(32)18-4-2-16(11-18)10-17-3-6-22(27)21(26)12-17;1-8(13)12(16)3-2-10-6-9-7-14-5-4-11(9)15-10/h3,6,8-9,12-16,18,30H,2,4-5,7,10-11H2,1H3,(H,29,32);4-8,15H,2-3,13H2,1H3/t15-,16-,18+;8-/m00/s1. The summed E-state index contributed by atoms with van der Waals surface area (Å²) in [6, 6.07) is 11.8. The smallest absolute Gasteiger partial charge is 0.223 e. The molecule has 48 heavy (non-hydrogen) atoms. The highest BCUT2D eigenvalue weighted by molar-refractivity contribution is 6.30. The summed E-state index contributed by atoms with van der Waals surface area (Å²) < 4.78 is 13.4. The fourth-order valence-electron chi connectivity index (χ4n) is 6.20. The SMILES string of the molecule is C[C@H](N)C(=O)CCc1cc2cnccc2[nH]1.C[C@H](NC(=O)[C@@H]1CC[C@@H](Cc2ccc(F)c(Cl)c2)C1)C(=O)CCc1cc2cnccc2[nH]1. The Morgan fingerprint density at radius 1 is 0.917 bits per heavy atom. The average Bonchev–Trinajstić information content (AvgIpc) is 3.82. The van der Waals surface area contributed by atoms with E-state index in [9.17, 15) is 18.8 Å². The largest absolute Gasteiger partial charge is 0.358 e. The number of nitrogens with two attached hydrogens (primary N) is 1. The third-order valence-corrected chi connectivity index (χ3v) is 9.29. The highest BCUT2D eigenvalue weighted by Gasteiger charge is 2.31. The van der Waals surface area contributed by atoms with E-state index in [1.54, 1.807) is 44.6 Å². The Labute approximate surface area is 284 Å². The molecular weight excluding hydrogens is 631 g/mol. The van der Waals surface area contributed by atoms with Gasteiger partial charge in [0, 0.05) is 76.7 Å². The quantitative estimate of drug-likeness (QED) is 0.120. The van der Waals surface area contributed by atoms with Gasteiger partial charge in [0.15, 0.2) is 5.78 Å². The van der Waals surface area contributed by atoms with Gasteiger partial charge in [-0.3, -0.25) is 24.4 Å². The number of nitrogens with zero attached hydrogens (tertiary/aromatic N) is 2. The molecule has 1 aliphatic rings. The van der Waals surface area contributed by atoms with Gasteiger partial charge in [-0.25, -0.2) is 4.39 Å². The van der Waals surface area contributed by atoms with Gasteiger partial charge in [-0.05, 0) is 100 Å². The van der Waals surface area contributed by atoms with Crippen molar-refractivity contribution in [3.63, 3.8) is 0 Å². The number of carbonyl (C=O) groups is 3. The van der Waals surface area contributed by atoms with Gasteiger partial charge in [0.2, 0.25) is 5.91 Å². The first kappa shape index (κ1) is 34.9. The van der Waals surface area contributed by atoms with Gasteiger partial charge in [-0.2, -0.15) is 0 Å². The van der Waals surface area contributed by atoms with Crippen molar-refractivity contribution in [1.82, 2.24) is 25.3 Å². The lowest BCUT2D eigenvalue weighted by Gasteiger charge is -2.16.